The van der Waals surface area contributed by atoms with E-state index in [9.17, 15) is 0 Å². The minimum Gasteiger partial charge on any atom is -0.369 e. The summed E-state index contributed by atoms with van der Waals surface area (Å²) in [6.07, 6.45) is 4.00. The number of aromatic nitrogens is 2. The Morgan fingerprint density at radius 1 is 1.32 bits per heavy atom. The van der Waals surface area contributed by atoms with Gasteiger partial charge < -0.3 is 10.2 Å². The molecule has 0 amide bonds. The van der Waals surface area contributed by atoms with Crippen molar-refractivity contribution in [2.45, 2.75) is 32.7 Å². The number of rotatable bonds is 7. The predicted octanol–water partition coefficient (Wildman–Crippen LogP) is 3.22. The SMILES string of the molecule is CC(C)N(C)CCCCNc1ncnc2ccsc12. The molecule has 2 rings (SSSR count). The number of nitrogens with one attached hydrogen (secondary N) is 1. The van der Waals surface area contributed by atoms with E-state index < -0.39 is 0 Å². The average molecular weight is 278 g/mol. The van der Waals surface area contributed by atoms with E-state index >= 15 is 0 Å². The van der Waals surface area contributed by atoms with Crippen LogP contribution >= 0.6 is 11.3 Å². The monoisotopic (exact) mass is 278 g/mol. The Bertz CT molecular complexity index is 509. The van der Waals surface area contributed by atoms with Crippen molar-refractivity contribution < 1.29 is 0 Å². The van der Waals surface area contributed by atoms with Gasteiger partial charge in [0.05, 0.1) is 10.2 Å². The van der Waals surface area contributed by atoms with Crippen molar-refractivity contribution in [3.05, 3.63) is 17.8 Å². The van der Waals surface area contributed by atoms with Crippen LogP contribution in [0.25, 0.3) is 10.2 Å². The number of unbranched alkanes of at least 4 members (excludes halogenated alkanes) is 1. The van der Waals surface area contributed by atoms with Crippen molar-refractivity contribution in [1.82, 2.24) is 14.9 Å². The average Bonchev–Trinajstić information content (AvgIpc) is 2.87. The fraction of sp³-hybridized carbons (Fsp3) is 0.571. The van der Waals surface area contributed by atoms with Crippen molar-refractivity contribution in [2.24, 2.45) is 0 Å². The molecule has 0 fully saturated rings. The van der Waals surface area contributed by atoms with E-state index in [0.717, 1.165) is 35.5 Å². The number of hydrogen-bond acceptors (Lipinski definition) is 5. The van der Waals surface area contributed by atoms with Gasteiger partial charge in [0.25, 0.3) is 0 Å². The van der Waals surface area contributed by atoms with Crippen molar-refractivity contribution in [3.8, 4) is 0 Å². The van der Waals surface area contributed by atoms with Gasteiger partial charge in [0.2, 0.25) is 0 Å². The summed E-state index contributed by atoms with van der Waals surface area (Å²) in [7, 11) is 2.18. The van der Waals surface area contributed by atoms with Gasteiger partial charge in [-0.1, -0.05) is 0 Å². The third-order valence-electron chi connectivity index (χ3n) is 3.35. The summed E-state index contributed by atoms with van der Waals surface area (Å²) in [4.78, 5) is 10.9. The van der Waals surface area contributed by atoms with Crippen LogP contribution in [0.5, 0.6) is 0 Å². The highest BCUT2D eigenvalue weighted by molar-refractivity contribution is 7.17. The van der Waals surface area contributed by atoms with E-state index in [0.29, 0.717) is 6.04 Å². The summed E-state index contributed by atoms with van der Waals surface area (Å²) in [5.41, 5.74) is 1.03. The largest absolute Gasteiger partial charge is 0.369 e. The maximum absolute atomic E-state index is 4.32. The number of nitrogens with zero attached hydrogens (tertiary/aromatic N) is 3. The Kier molecular flexibility index (Phi) is 5.10. The molecule has 0 aliphatic rings. The van der Waals surface area contributed by atoms with Gasteiger partial charge in [-0.3, -0.25) is 0 Å². The summed E-state index contributed by atoms with van der Waals surface area (Å²) in [5.74, 6) is 0.970. The molecular formula is C14H22N4S. The fourth-order valence-electron chi connectivity index (χ4n) is 1.87. The molecule has 0 aliphatic carbocycles. The smallest absolute Gasteiger partial charge is 0.147 e. The summed E-state index contributed by atoms with van der Waals surface area (Å²) < 4.78 is 1.15. The van der Waals surface area contributed by atoms with Crippen LogP contribution in [0.15, 0.2) is 17.8 Å². The molecule has 19 heavy (non-hydrogen) atoms. The molecule has 0 spiro atoms. The molecule has 2 heterocycles. The molecular weight excluding hydrogens is 256 g/mol. The molecule has 1 N–H and O–H groups in total. The van der Waals surface area contributed by atoms with Crippen LogP contribution < -0.4 is 5.32 Å². The lowest BCUT2D eigenvalue weighted by Crippen LogP contribution is -2.27. The Morgan fingerprint density at radius 2 is 2.16 bits per heavy atom. The lowest BCUT2D eigenvalue weighted by Gasteiger charge is -2.20. The summed E-state index contributed by atoms with van der Waals surface area (Å²) >= 11 is 1.69. The molecule has 104 valence electrons. The normalized spacial score (nSPS) is 11.6. The summed E-state index contributed by atoms with van der Waals surface area (Å²) in [6, 6.07) is 2.66. The molecule has 0 bridgehead atoms. The number of thiophene rings is 1. The minimum absolute atomic E-state index is 0.626. The molecule has 4 nitrogen and oxygen atoms in total. The first-order valence-electron chi connectivity index (χ1n) is 6.81. The Hall–Kier alpha value is -1.20. The summed E-state index contributed by atoms with van der Waals surface area (Å²) in [6.45, 7) is 6.58. The zero-order valence-electron chi connectivity index (χ0n) is 11.9. The van der Waals surface area contributed by atoms with Gasteiger partial charge >= 0.3 is 0 Å². The fourth-order valence-corrected chi connectivity index (χ4v) is 2.68. The lowest BCUT2D eigenvalue weighted by atomic mass is 10.2. The second-order valence-electron chi connectivity index (χ2n) is 5.07. The zero-order valence-corrected chi connectivity index (χ0v) is 12.7. The quantitative estimate of drug-likeness (QED) is 0.790. The first-order valence-corrected chi connectivity index (χ1v) is 7.68. The van der Waals surface area contributed by atoms with E-state index in [1.165, 1.54) is 6.42 Å². The molecule has 0 aliphatic heterocycles. The highest BCUT2D eigenvalue weighted by atomic mass is 32.1. The van der Waals surface area contributed by atoms with Gasteiger partial charge in [0.1, 0.15) is 12.1 Å². The van der Waals surface area contributed by atoms with Crippen molar-refractivity contribution in [1.29, 1.82) is 0 Å². The highest BCUT2D eigenvalue weighted by Gasteiger charge is 2.04. The first kappa shape index (κ1) is 14.2. The molecule has 0 saturated carbocycles. The lowest BCUT2D eigenvalue weighted by molar-refractivity contribution is 0.269. The van der Waals surface area contributed by atoms with Gasteiger partial charge in [0.15, 0.2) is 0 Å². The van der Waals surface area contributed by atoms with E-state index in [1.807, 2.05) is 6.07 Å². The van der Waals surface area contributed by atoms with Gasteiger partial charge in [0, 0.05) is 12.6 Å². The van der Waals surface area contributed by atoms with Crippen LogP contribution in [0.4, 0.5) is 5.82 Å². The third-order valence-corrected chi connectivity index (χ3v) is 4.27. The molecule has 2 aromatic rings. The maximum Gasteiger partial charge on any atom is 0.147 e. The Labute approximate surface area is 118 Å². The zero-order chi connectivity index (χ0) is 13.7. The van der Waals surface area contributed by atoms with Gasteiger partial charge in [-0.25, -0.2) is 9.97 Å². The van der Waals surface area contributed by atoms with Crippen LogP contribution in [0.3, 0.4) is 0 Å². The summed E-state index contributed by atoms with van der Waals surface area (Å²) in [5, 5.41) is 5.48. The molecule has 0 atom stereocenters. The van der Waals surface area contributed by atoms with Gasteiger partial charge in [-0.05, 0) is 51.7 Å². The van der Waals surface area contributed by atoms with Crippen LogP contribution in [0.1, 0.15) is 26.7 Å². The Morgan fingerprint density at radius 3 is 2.95 bits per heavy atom. The number of hydrogen-bond donors (Lipinski definition) is 1. The molecule has 0 aromatic carbocycles. The van der Waals surface area contributed by atoms with E-state index in [4.69, 9.17) is 0 Å². The van der Waals surface area contributed by atoms with Crippen molar-refractivity contribution >= 4 is 27.4 Å². The van der Waals surface area contributed by atoms with Gasteiger partial charge in [-0.2, -0.15) is 0 Å². The maximum atomic E-state index is 4.32. The van der Waals surface area contributed by atoms with Crippen LogP contribution in [0.2, 0.25) is 0 Å². The van der Waals surface area contributed by atoms with Gasteiger partial charge in [-0.15, -0.1) is 11.3 Å². The van der Waals surface area contributed by atoms with Crippen molar-refractivity contribution in [2.75, 3.05) is 25.5 Å². The van der Waals surface area contributed by atoms with Crippen LogP contribution in [-0.4, -0.2) is 41.0 Å². The number of anilines is 1. The predicted molar refractivity (Wildman–Crippen MR) is 82.9 cm³/mol. The minimum atomic E-state index is 0.626. The molecule has 0 unspecified atom stereocenters. The highest BCUT2D eigenvalue weighted by Crippen LogP contribution is 2.24. The second-order valence-corrected chi connectivity index (χ2v) is 5.98. The van der Waals surface area contributed by atoms with E-state index in [1.54, 1.807) is 17.7 Å². The van der Waals surface area contributed by atoms with Crippen LogP contribution in [-0.2, 0) is 0 Å². The standard InChI is InChI=1S/C14H22N4S/c1-11(2)18(3)8-5-4-7-15-14-13-12(6-9-19-13)16-10-17-14/h6,9-11H,4-5,7-8H2,1-3H3,(H,15,16,17). The first-order chi connectivity index (χ1) is 9.18. The molecule has 0 radical (unpaired) electrons. The topological polar surface area (TPSA) is 41.0 Å². The van der Waals surface area contributed by atoms with E-state index in [-0.39, 0.29) is 0 Å². The number of fused-ring (bicyclic) bond motifs is 1. The third kappa shape index (κ3) is 3.88. The Balaban J connectivity index is 1.76. The second kappa shape index (κ2) is 6.82. The molecule has 2 aromatic heterocycles. The van der Waals surface area contributed by atoms with E-state index in [2.05, 4.69) is 46.5 Å². The molecule has 0 saturated heterocycles. The van der Waals surface area contributed by atoms with Crippen LogP contribution in [0, 0.1) is 0 Å². The molecule has 5 heteroatoms. The van der Waals surface area contributed by atoms with Crippen molar-refractivity contribution in [3.63, 3.8) is 0 Å².